The van der Waals surface area contributed by atoms with E-state index in [1.807, 2.05) is 0 Å². The van der Waals surface area contributed by atoms with E-state index < -0.39 is 17.9 Å². The summed E-state index contributed by atoms with van der Waals surface area (Å²) in [5.41, 5.74) is 1.04. The van der Waals surface area contributed by atoms with E-state index in [-0.39, 0.29) is 13.2 Å². The smallest absolute Gasteiger partial charge is 0.328 e. The molecule has 1 aromatic carbocycles. The number of carbonyl (C=O) groups is 2. The van der Waals surface area contributed by atoms with Crippen LogP contribution < -0.4 is 14.8 Å². The summed E-state index contributed by atoms with van der Waals surface area (Å²) >= 11 is 0. The molecule has 1 aliphatic rings. The van der Waals surface area contributed by atoms with Crippen molar-refractivity contribution >= 4 is 18.0 Å². The molecule has 0 saturated heterocycles. The second-order valence-electron chi connectivity index (χ2n) is 4.68. The monoisotopic (exact) mass is 307 g/mol. The minimum atomic E-state index is -1.16. The number of fused-ring (bicyclic) bond motifs is 1. The molecule has 0 bridgehead atoms. The fourth-order valence-electron chi connectivity index (χ4n) is 2.01. The summed E-state index contributed by atoms with van der Waals surface area (Å²) in [5, 5.41) is 11.4. The van der Waals surface area contributed by atoms with Crippen LogP contribution in [-0.2, 0) is 14.3 Å². The summed E-state index contributed by atoms with van der Waals surface area (Å²) < 4.78 is 15.4. The van der Waals surface area contributed by atoms with E-state index >= 15 is 0 Å². The Morgan fingerprint density at radius 1 is 1.41 bits per heavy atom. The quantitative estimate of drug-likeness (QED) is 0.803. The van der Waals surface area contributed by atoms with Crippen molar-refractivity contribution in [2.75, 3.05) is 27.4 Å². The summed E-state index contributed by atoms with van der Waals surface area (Å²) in [6.07, 6.45) is 1.66. The second-order valence-corrected chi connectivity index (χ2v) is 4.68. The third-order valence-corrected chi connectivity index (χ3v) is 3.16. The fourth-order valence-corrected chi connectivity index (χ4v) is 2.01. The van der Waals surface area contributed by atoms with Crippen LogP contribution in [0.5, 0.6) is 11.5 Å². The van der Waals surface area contributed by atoms with Crippen molar-refractivity contribution < 1.29 is 28.9 Å². The van der Waals surface area contributed by atoms with Gasteiger partial charge in [-0.3, -0.25) is 4.79 Å². The molecule has 1 unspecified atom stereocenters. The third kappa shape index (κ3) is 3.56. The van der Waals surface area contributed by atoms with Gasteiger partial charge >= 0.3 is 5.97 Å². The van der Waals surface area contributed by atoms with Crippen LogP contribution in [-0.4, -0.2) is 50.5 Å². The van der Waals surface area contributed by atoms with Crippen molar-refractivity contribution in [2.24, 2.45) is 0 Å². The SMILES string of the molecule is COCC(NC(=O)C1=Cc2cc(OC)ccc2OC1)C(=O)O. The van der Waals surface area contributed by atoms with Crippen molar-refractivity contribution in [3.05, 3.63) is 29.3 Å². The average molecular weight is 307 g/mol. The standard InChI is InChI=1S/C15H17NO6/c1-20-8-12(15(18)19)16-14(17)10-5-9-6-11(21-2)3-4-13(9)22-7-10/h3-6,12H,7-8H2,1-2H3,(H,16,17)(H,18,19). The zero-order valence-electron chi connectivity index (χ0n) is 12.3. The minimum Gasteiger partial charge on any atom is -0.497 e. The van der Waals surface area contributed by atoms with Crippen molar-refractivity contribution in [3.63, 3.8) is 0 Å². The Labute approximate surface area is 127 Å². The van der Waals surface area contributed by atoms with E-state index in [2.05, 4.69) is 5.32 Å². The summed E-state index contributed by atoms with van der Waals surface area (Å²) in [7, 11) is 2.92. The molecule has 1 aromatic rings. The number of hydrogen-bond acceptors (Lipinski definition) is 5. The number of nitrogens with one attached hydrogen (secondary N) is 1. The summed E-state index contributed by atoms with van der Waals surface area (Å²) in [5.74, 6) is -0.375. The van der Waals surface area contributed by atoms with E-state index in [0.29, 0.717) is 22.6 Å². The Hall–Kier alpha value is -2.54. The van der Waals surface area contributed by atoms with Gasteiger partial charge in [0.1, 0.15) is 18.1 Å². The van der Waals surface area contributed by atoms with Gasteiger partial charge in [-0.1, -0.05) is 0 Å². The molecule has 7 nitrogen and oxygen atoms in total. The molecule has 0 saturated carbocycles. The molecule has 1 amide bonds. The number of amides is 1. The van der Waals surface area contributed by atoms with Crippen LogP contribution in [0.2, 0.25) is 0 Å². The lowest BCUT2D eigenvalue weighted by Gasteiger charge is -2.20. The molecule has 1 aliphatic heterocycles. The Balaban J connectivity index is 2.16. The molecule has 2 rings (SSSR count). The number of rotatable bonds is 6. The van der Waals surface area contributed by atoms with Crippen molar-refractivity contribution in [3.8, 4) is 11.5 Å². The highest BCUT2D eigenvalue weighted by Gasteiger charge is 2.24. The maximum absolute atomic E-state index is 12.1. The van der Waals surface area contributed by atoms with Crippen LogP contribution in [0.25, 0.3) is 6.08 Å². The molecule has 2 N–H and O–H groups in total. The summed E-state index contributed by atoms with van der Waals surface area (Å²) in [6.45, 7) is -0.0376. The molecule has 0 radical (unpaired) electrons. The first-order valence-electron chi connectivity index (χ1n) is 6.59. The fraction of sp³-hybridized carbons (Fsp3) is 0.333. The normalized spacial score (nSPS) is 14.2. The van der Waals surface area contributed by atoms with Gasteiger partial charge < -0.3 is 24.6 Å². The predicted molar refractivity (Wildman–Crippen MR) is 77.9 cm³/mol. The lowest BCUT2D eigenvalue weighted by Crippen LogP contribution is -2.45. The Morgan fingerprint density at radius 3 is 2.82 bits per heavy atom. The molecule has 0 aliphatic carbocycles. The van der Waals surface area contributed by atoms with Gasteiger partial charge in [-0.15, -0.1) is 0 Å². The van der Waals surface area contributed by atoms with Crippen LogP contribution in [0.4, 0.5) is 0 Å². The van der Waals surface area contributed by atoms with E-state index in [1.54, 1.807) is 31.4 Å². The van der Waals surface area contributed by atoms with Crippen LogP contribution in [0, 0.1) is 0 Å². The van der Waals surface area contributed by atoms with Gasteiger partial charge in [0, 0.05) is 12.7 Å². The minimum absolute atomic E-state index is 0.0739. The zero-order valence-corrected chi connectivity index (χ0v) is 12.3. The number of methoxy groups -OCH3 is 2. The topological polar surface area (TPSA) is 94.1 Å². The number of hydrogen-bond donors (Lipinski definition) is 2. The molecular weight excluding hydrogens is 290 g/mol. The van der Waals surface area contributed by atoms with Crippen molar-refractivity contribution in [2.45, 2.75) is 6.04 Å². The molecule has 22 heavy (non-hydrogen) atoms. The molecule has 1 atom stereocenters. The van der Waals surface area contributed by atoms with Crippen LogP contribution in [0.1, 0.15) is 5.56 Å². The van der Waals surface area contributed by atoms with Gasteiger partial charge in [-0.05, 0) is 24.3 Å². The van der Waals surface area contributed by atoms with Gasteiger partial charge in [-0.2, -0.15) is 0 Å². The number of aliphatic carboxylic acids is 1. The maximum Gasteiger partial charge on any atom is 0.328 e. The van der Waals surface area contributed by atoms with E-state index in [9.17, 15) is 9.59 Å². The summed E-state index contributed by atoms with van der Waals surface area (Å²) in [6, 6.07) is 4.15. The number of ether oxygens (including phenoxy) is 3. The Bertz CT molecular complexity index is 610. The predicted octanol–water partition coefficient (Wildman–Crippen LogP) is 0.687. The van der Waals surface area contributed by atoms with Crippen LogP contribution >= 0.6 is 0 Å². The van der Waals surface area contributed by atoms with Crippen LogP contribution in [0.15, 0.2) is 23.8 Å². The van der Waals surface area contributed by atoms with E-state index in [1.165, 1.54) is 7.11 Å². The Kier molecular flexibility index (Phi) is 5.00. The van der Waals surface area contributed by atoms with Gasteiger partial charge in [0.2, 0.25) is 0 Å². The first-order valence-corrected chi connectivity index (χ1v) is 6.59. The van der Waals surface area contributed by atoms with Gasteiger partial charge in [0.25, 0.3) is 5.91 Å². The van der Waals surface area contributed by atoms with Gasteiger partial charge in [-0.25, -0.2) is 4.79 Å². The van der Waals surface area contributed by atoms with Gasteiger partial charge in [0.15, 0.2) is 6.04 Å². The van der Waals surface area contributed by atoms with E-state index in [4.69, 9.17) is 19.3 Å². The zero-order chi connectivity index (χ0) is 16.1. The number of carboxylic acid groups (broad SMARTS) is 1. The van der Waals surface area contributed by atoms with E-state index in [0.717, 1.165) is 0 Å². The molecule has 0 fully saturated rings. The molecule has 0 aromatic heterocycles. The highest BCUT2D eigenvalue weighted by Crippen LogP contribution is 2.29. The largest absolute Gasteiger partial charge is 0.497 e. The highest BCUT2D eigenvalue weighted by atomic mass is 16.5. The molecule has 1 heterocycles. The number of carbonyl (C=O) groups excluding carboxylic acids is 1. The molecular formula is C15H17NO6. The molecule has 118 valence electrons. The first kappa shape index (κ1) is 15.8. The first-order chi connectivity index (χ1) is 10.5. The average Bonchev–Trinajstić information content (AvgIpc) is 2.53. The third-order valence-electron chi connectivity index (χ3n) is 3.16. The Morgan fingerprint density at radius 2 is 2.18 bits per heavy atom. The maximum atomic E-state index is 12.1. The molecule has 7 heteroatoms. The lowest BCUT2D eigenvalue weighted by atomic mass is 10.1. The highest BCUT2D eigenvalue weighted by molar-refractivity contribution is 6.00. The van der Waals surface area contributed by atoms with Crippen molar-refractivity contribution in [1.29, 1.82) is 0 Å². The van der Waals surface area contributed by atoms with Gasteiger partial charge in [0.05, 0.1) is 19.3 Å². The van der Waals surface area contributed by atoms with Crippen LogP contribution in [0.3, 0.4) is 0 Å². The summed E-state index contributed by atoms with van der Waals surface area (Å²) in [4.78, 5) is 23.2. The number of benzene rings is 1. The number of carboxylic acids is 1. The second kappa shape index (κ2) is 6.95. The van der Waals surface area contributed by atoms with Crippen molar-refractivity contribution in [1.82, 2.24) is 5.32 Å². The lowest BCUT2D eigenvalue weighted by molar-refractivity contribution is -0.142. The molecule has 0 spiro atoms.